The number of para-hydroxylation sites is 1. The second-order valence-electron chi connectivity index (χ2n) is 4.74. The Morgan fingerprint density at radius 2 is 2.00 bits per heavy atom. The van der Waals surface area contributed by atoms with Crippen molar-refractivity contribution in [3.63, 3.8) is 0 Å². The topological polar surface area (TPSA) is 36.1 Å². The molecule has 19 heavy (non-hydrogen) atoms. The van der Waals surface area contributed by atoms with E-state index in [4.69, 9.17) is 0 Å². The van der Waals surface area contributed by atoms with E-state index < -0.39 is 0 Å². The lowest BCUT2D eigenvalue weighted by atomic mass is 10.1. The number of hydrogen-bond donors (Lipinski definition) is 1. The predicted molar refractivity (Wildman–Crippen MR) is 81.2 cm³/mol. The monoisotopic (exact) mass is 272 g/mol. The van der Waals surface area contributed by atoms with Crippen LogP contribution in [-0.2, 0) is 0 Å². The fraction of sp³-hybridized carbons (Fsp3) is 0.267. The average Bonchev–Trinajstić information content (AvgIpc) is 3.01. The molecule has 0 saturated carbocycles. The van der Waals surface area contributed by atoms with E-state index in [2.05, 4.69) is 34.7 Å². The van der Waals surface area contributed by atoms with Crippen molar-refractivity contribution in [1.82, 2.24) is 4.98 Å². The second kappa shape index (κ2) is 5.05. The Balaban J connectivity index is 2.10. The third-order valence-corrected chi connectivity index (χ3v) is 4.25. The smallest absolute Gasteiger partial charge is 0.266 e. The number of nitrogens with one attached hydrogen (secondary N) is 1. The van der Waals surface area contributed by atoms with Gasteiger partial charge in [0, 0.05) is 18.8 Å². The standard InChI is InChI=1S/C15H16N2OS/c1-11-16-15(18)14(19-11)10-12-6-2-3-7-13(12)17-8-4-5-9-17/h2-3,6-7,10H,1,4-5,8-9H2,(H,16,18). The number of nitrogens with zero attached hydrogens (tertiary/aromatic N) is 1. The SMILES string of the molecule is C=c1[nH]c(=O)c(=Cc2ccccc2N2CCCC2)s1. The number of benzene rings is 1. The summed E-state index contributed by atoms with van der Waals surface area (Å²) in [5, 5.41) is 0. The van der Waals surface area contributed by atoms with Gasteiger partial charge < -0.3 is 9.88 Å². The third kappa shape index (κ3) is 2.49. The molecule has 4 heteroatoms. The Labute approximate surface area is 115 Å². The summed E-state index contributed by atoms with van der Waals surface area (Å²) < 4.78 is 1.42. The molecule has 1 aromatic carbocycles. The molecule has 3 rings (SSSR count). The number of hydrogen-bond acceptors (Lipinski definition) is 3. The van der Waals surface area contributed by atoms with Crippen molar-refractivity contribution < 1.29 is 0 Å². The van der Waals surface area contributed by atoms with Crippen LogP contribution < -0.4 is 19.7 Å². The fourth-order valence-electron chi connectivity index (χ4n) is 2.48. The molecule has 2 aromatic rings. The normalized spacial score (nSPS) is 16.2. The molecular weight excluding hydrogens is 256 g/mol. The van der Waals surface area contributed by atoms with Gasteiger partial charge in [-0.3, -0.25) is 4.79 Å². The summed E-state index contributed by atoms with van der Waals surface area (Å²) in [6.45, 7) is 5.98. The number of rotatable bonds is 2. The predicted octanol–water partition coefficient (Wildman–Crippen LogP) is 1.28. The minimum absolute atomic E-state index is 0.0498. The second-order valence-corrected chi connectivity index (χ2v) is 5.88. The average molecular weight is 272 g/mol. The summed E-state index contributed by atoms with van der Waals surface area (Å²) in [5.74, 6) is 0. The Morgan fingerprint density at radius 3 is 2.68 bits per heavy atom. The lowest BCUT2D eigenvalue weighted by molar-refractivity contribution is 0.949. The molecule has 1 N–H and O–H groups in total. The molecule has 1 saturated heterocycles. The van der Waals surface area contributed by atoms with Gasteiger partial charge in [-0.2, -0.15) is 0 Å². The van der Waals surface area contributed by atoms with Crippen molar-refractivity contribution in [1.29, 1.82) is 0 Å². The Bertz CT molecular complexity index is 738. The molecule has 0 bridgehead atoms. The van der Waals surface area contributed by atoms with Gasteiger partial charge in [0.1, 0.15) is 0 Å². The summed E-state index contributed by atoms with van der Waals surface area (Å²) >= 11 is 1.41. The molecular formula is C15H16N2OS. The van der Waals surface area contributed by atoms with E-state index in [0.717, 1.165) is 23.2 Å². The van der Waals surface area contributed by atoms with Gasteiger partial charge in [-0.05, 0) is 30.5 Å². The first-order valence-corrected chi connectivity index (χ1v) is 7.29. The Hall–Kier alpha value is -1.81. The molecule has 2 heterocycles. The van der Waals surface area contributed by atoms with Crippen molar-refractivity contribution in [3.05, 3.63) is 49.4 Å². The van der Waals surface area contributed by atoms with E-state index in [1.54, 1.807) is 0 Å². The van der Waals surface area contributed by atoms with Gasteiger partial charge in [0.05, 0.1) is 9.20 Å². The van der Waals surface area contributed by atoms with Crippen LogP contribution in [0.2, 0.25) is 0 Å². The summed E-state index contributed by atoms with van der Waals surface area (Å²) in [5.41, 5.74) is 2.28. The summed E-state index contributed by atoms with van der Waals surface area (Å²) in [4.78, 5) is 16.9. The van der Waals surface area contributed by atoms with Crippen LogP contribution >= 0.6 is 11.3 Å². The molecule has 0 aliphatic carbocycles. The zero-order valence-electron chi connectivity index (χ0n) is 10.7. The van der Waals surface area contributed by atoms with Crippen LogP contribution in [0.4, 0.5) is 5.69 Å². The first-order valence-electron chi connectivity index (χ1n) is 6.48. The molecule has 0 amide bonds. The number of H-pyrrole nitrogens is 1. The van der Waals surface area contributed by atoms with Crippen molar-refractivity contribution in [2.24, 2.45) is 0 Å². The lowest BCUT2D eigenvalue weighted by Gasteiger charge is -2.19. The van der Waals surface area contributed by atoms with Crippen LogP contribution in [0.25, 0.3) is 12.7 Å². The van der Waals surface area contributed by atoms with Crippen LogP contribution in [0.1, 0.15) is 18.4 Å². The zero-order valence-corrected chi connectivity index (χ0v) is 11.5. The van der Waals surface area contributed by atoms with Gasteiger partial charge in [-0.25, -0.2) is 0 Å². The molecule has 3 nitrogen and oxygen atoms in total. The highest BCUT2D eigenvalue weighted by Gasteiger charge is 2.14. The minimum Gasteiger partial charge on any atom is -0.371 e. The highest BCUT2D eigenvalue weighted by molar-refractivity contribution is 7.07. The molecule has 1 aliphatic heterocycles. The number of thiazole rings is 1. The molecule has 0 radical (unpaired) electrons. The van der Waals surface area contributed by atoms with Gasteiger partial charge in [0.25, 0.3) is 5.56 Å². The summed E-state index contributed by atoms with van der Waals surface area (Å²) in [7, 11) is 0. The van der Waals surface area contributed by atoms with Crippen LogP contribution in [-0.4, -0.2) is 18.1 Å². The van der Waals surface area contributed by atoms with E-state index in [1.165, 1.54) is 29.9 Å². The van der Waals surface area contributed by atoms with E-state index in [1.807, 2.05) is 12.1 Å². The maximum absolute atomic E-state index is 11.7. The Kier molecular flexibility index (Phi) is 3.25. The van der Waals surface area contributed by atoms with E-state index in [0.29, 0.717) is 4.66 Å². The maximum atomic E-state index is 11.7. The van der Waals surface area contributed by atoms with E-state index >= 15 is 0 Å². The van der Waals surface area contributed by atoms with Crippen LogP contribution in [0, 0.1) is 0 Å². The summed E-state index contributed by atoms with van der Waals surface area (Å²) in [6, 6.07) is 8.26. The molecule has 0 spiro atoms. The van der Waals surface area contributed by atoms with Crippen molar-refractivity contribution in [3.8, 4) is 0 Å². The zero-order chi connectivity index (χ0) is 13.2. The minimum atomic E-state index is -0.0498. The van der Waals surface area contributed by atoms with Gasteiger partial charge in [-0.15, -0.1) is 11.3 Å². The van der Waals surface area contributed by atoms with Gasteiger partial charge in [0.15, 0.2) is 0 Å². The van der Waals surface area contributed by atoms with Crippen LogP contribution in [0.5, 0.6) is 0 Å². The highest BCUT2D eigenvalue weighted by Crippen LogP contribution is 2.24. The first kappa shape index (κ1) is 12.2. The molecule has 0 unspecified atom stereocenters. The molecule has 0 atom stereocenters. The number of aromatic amines is 1. The largest absolute Gasteiger partial charge is 0.371 e. The Morgan fingerprint density at radius 1 is 1.26 bits per heavy atom. The quantitative estimate of drug-likeness (QED) is 0.894. The van der Waals surface area contributed by atoms with Crippen LogP contribution in [0.15, 0.2) is 29.1 Å². The molecule has 1 fully saturated rings. The molecule has 98 valence electrons. The molecule has 1 aromatic heterocycles. The number of aromatic nitrogens is 1. The number of anilines is 1. The maximum Gasteiger partial charge on any atom is 0.266 e. The van der Waals surface area contributed by atoms with Crippen LogP contribution in [0.3, 0.4) is 0 Å². The van der Waals surface area contributed by atoms with Crippen molar-refractivity contribution in [2.45, 2.75) is 12.8 Å². The van der Waals surface area contributed by atoms with Gasteiger partial charge in [0.2, 0.25) is 0 Å². The third-order valence-electron chi connectivity index (χ3n) is 3.38. The fourth-order valence-corrected chi connectivity index (χ4v) is 3.22. The van der Waals surface area contributed by atoms with Gasteiger partial charge >= 0.3 is 0 Å². The van der Waals surface area contributed by atoms with Crippen molar-refractivity contribution >= 4 is 29.7 Å². The van der Waals surface area contributed by atoms with Crippen molar-refractivity contribution in [2.75, 3.05) is 18.0 Å². The first-order chi connectivity index (χ1) is 9.24. The summed E-state index contributed by atoms with van der Waals surface area (Å²) in [6.07, 6.45) is 4.46. The van der Waals surface area contributed by atoms with E-state index in [9.17, 15) is 4.79 Å². The lowest BCUT2D eigenvalue weighted by Crippen LogP contribution is -2.21. The highest BCUT2D eigenvalue weighted by atomic mass is 32.1. The van der Waals surface area contributed by atoms with Gasteiger partial charge in [-0.1, -0.05) is 24.8 Å². The molecule has 1 aliphatic rings. The van der Waals surface area contributed by atoms with E-state index in [-0.39, 0.29) is 5.56 Å².